The first-order chi connectivity index (χ1) is 17.0. The molecule has 1 aliphatic rings. The Hall–Kier alpha value is -2.85. The van der Waals surface area contributed by atoms with E-state index in [2.05, 4.69) is 21.9 Å². The van der Waals surface area contributed by atoms with Gasteiger partial charge in [-0.1, -0.05) is 37.3 Å². The summed E-state index contributed by atoms with van der Waals surface area (Å²) in [6.45, 7) is 6.75. The molecule has 4 rings (SSSR count). The lowest BCUT2D eigenvalue weighted by Crippen LogP contribution is -2.18. The summed E-state index contributed by atoms with van der Waals surface area (Å²) >= 11 is 0. The molecule has 0 bridgehead atoms. The van der Waals surface area contributed by atoms with E-state index in [4.69, 9.17) is 29.0 Å². The topological polar surface area (TPSA) is 133 Å². The number of imidazole rings is 1. The number of fused-ring (bicyclic) bond motifs is 1. The molecule has 12 heteroatoms. The fraction of sp³-hybridized carbons (Fsp3) is 0.478. The van der Waals surface area contributed by atoms with Crippen molar-refractivity contribution in [2.24, 2.45) is 5.92 Å². The number of carbonyl (C=O) groups is 1. The first-order valence-corrected chi connectivity index (χ1v) is 12.4. The van der Waals surface area contributed by atoms with Crippen molar-refractivity contribution in [1.29, 1.82) is 0 Å². The van der Waals surface area contributed by atoms with Crippen LogP contribution in [0.25, 0.3) is 11.2 Å². The molecule has 2 N–H and O–H groups in total. The van der Waals surface area contributed by atoms with E-state index in [9.17, 15) is 4.79 Å². The zero-order valence-corrected chi connectivity index (χ0v) is 20.9. The summed E-state index contributed by atoms with van der Waals surface area (Å²) in [6.07, 6.45) is 1.14. The Morgan fingerprint density at radius 3 is 2.80 bits per heavy atom. The number of nitrogen functional groups attached to an aromatic ring is 1. The van der Waals surface area contributed by atoms with Crippen LogP contribution in [0, 0.1) is 5.92 Å². The molecule has 5 unspecified atom stereocenters. The van der Waals surface area contributed by atoms with Gasteiger partial charge in [0.05, 0.1) is 32.3 Å². The van der Waals surface area contributed by atoms with Crippen molar-refractivity contribution in [3.05, 3.63) is 42.2 Å². The third-order valence-electron chi connectivity index (χ3n) is 5.51. The molecule has 35 heavy (non-hydrogen) atoms. The molecule has 3 aromatic rings. The van der Waals surface area contributed by atoms with Crippen molar-refractivity contribution in [1.82, 2.24) is 19.5 Å². The standard InChI is InChI=1S/C23H30N5O6P/c1-4-30-20-17-19(26-23(24)27-20)28(13-25-17)21-14(3)11-16(33-21)12-32-35-34-18(22(29)31-5-2)15-9-7-6-8-10-15/h6-10,13-14,16,18,21,35H,4-5,11-12H2,1-3H3,(H2,24,26,27). The van der Waals surface area contributed by atoms with Crippen LogP contribution in [0.15, 0.2) is 36.7 Å². The highest BCUT2D eigenvalue weighted by Gasteiger charge is 2.35. The summed E-state index contributed by atoms with van der Waals surface area (Å²) < 4.78 is 30.3. The summed E-state index contributed by atoms with van der Waals surface area (Å²) in [5.41, 5.74) is 7.70. The van der Waals surface area contributed by atoms with Gasteiger partial charge in [0.25, 0.3) is 0 Å². The molecule has 0 amide bonds. The van der Waals surface area contributed by atoms with Crippen molar-refractivity contribution in [2.75, 3.05) is 25.6 Å². The smallest absolute Gasteiger partial charge is 0.340 e. The molecule has 0 aliphatic carbocycles. The van der Waals surface area contributed by atoms with Crippen LogP contribution in [-0.4, -0.2) is 51.4 Å². The van der Waals surface area contributed by atoms with Gasteiger partial charge in [-0.3, -0.25) is 4.57 Å². The number of benzene rings is 1. The second-order valence-electron chi connectivity index (χ2n) is 8.06. The maximum Gasteiger partial charge on any atom is 0.340 e. The normalized spacial score (nSPS) is 21.1. The second kappa shape index (κ2) is 11.7. The van der Waals surface area contributed by atoms with Crippen molar-refractivity contribution < 1.29 is 28.1 Å². The zero-order chi connectivity index (χ0) is 24.8. The monoisotopic (exact) mass is 503 g/mol. The number of ether oxygens (including phenoxy) is 3. The molecule has 1 aliphatic heterocycles. The molecule has 0 saturated carbocycles. The third kappa shape index (κ3) is 5.87. The third-order valence-corrected chi connectivity index (χ3v) is 6.13. The minimum absolute atomic E-state index is 0.112. The highest BCUT2D eigenvalue weighted by molar-refractivity contribution is 7.26. The minimum atomic E-state index is -0.840. The molecule has 5 atom stereocenters. The van der Waals surface area contributed by atoms with E-state index in [0.717, 1.165) is 6.42 Å². The van der Waals surface area contributed by atoms with E-state index in [0.29, 0.717) is 35.8 Å². The highest BCUT2D eigenvalue weighted by Crippen LogP contribution is 2.38. The average Bonchev–Trinajstić information content (AvgIpc) is 3.42. The molecule has 1 aromatic carbocycles. The van der Waals surface area contributed by atoms with Gasteiger partial charge in [0.15, 0.2) is 26.3 Å². The number of aromatic nitrogens is 4. The van der Waals surface area contributed by atoms with E-state index >= 15 is 0 Å². The van der Waals surface area contributed by atoms with Gasteiger partial charge in [-0.2, -0.15) is 9.97 Å². The summed E-state index contributed by atoms with van der Waals surface area (Å²) in [6, 6.07) is 9.21. The number of nitrogens with zero attached hydrogens (tertiary/aromatic N) is 4. The maximum atomic E-state index is 12.3. The molecule has 0 spiro atoms. The van der Waals surface area contributed by atoms with Crippen LogP contribution in [0.5, 0.6) is 5.88 Å². The quantitative estimate of drug-likeness (QED) is 0.235. The summed E-state index contributed by atoms with van der Waals surface area (Å²) in [5, 5.41) is 0. The Balaban J connectivity index is 1.36. The predicted octanol–water partition coefficient (Wildman–Crippen LogP) is 3.58. The number of esters is 1. The Morgan fingerprint density at radius 2 is 2.06 bits per heavy atom. The zero-order valence-electron chi connectivity index (χ0n) is 19.9. The number of anilines is 1. The molecular formula is C23H30N5O6P. The van der Waals surface area contributed by atoms with Crippen LogP contribution >= 0.6 is 9.03 Å². The maximum absolute atomic E-state index is 12.3. The first-order valence-electron chi connectivity index (χ1n) is 11.5. The predicted molar refractivity (Wildman–Crippen MR) is 130 cm³/mol. The van der Waals surface area contributed by atoms with Gasteiger partial charge in [0, 0.05) is 5.92 Å². The van der Waals surface area contributed by atoms with Gasteiger partial charge < -0.3 is 29.0 Å². The first kappa shape index (κ1) is 25.2. The second-order valence-corrected chi connectivity index (χ2v) is 8.75. The number of hydrogen-bond donors (Lipinski definition) is 1. The average molecular weight is 503 g/mol. The van der Waals surface area contributed by atoms with Gasteiger partial charge in [0.2, 0.25) is 11.8 Å². The Morgan fingerprint density at radius 1 is 1.26 bits per heavy atom. The SMILES string of the molecule is CCOC(=O)C(OPOCC1CC(C)C(n2cnc3c(OCC)nc(N)nc32)O1)c1ccccc1. The van der Waals surface area contributed by atoms with E-state index in [-0.39, 0.29) is 39.8 Å². The molecule has 11 nitrogen and oxygen atoms in total. The molecule has 2 aromatic heterocycles. The van der Waals surface area contributed by atoms with Crippen molar-refractivity contribution in [2.45, 2.75) is 45.6 Å². The van der Waals surface area contributed by atoms with Crippen molar-refractivity contribution >= 4 is 32.1 Å². The Bertz CT molecular complexity index is 1130. The molecule has 188 valence electrons. The van der Waals surface area contributed by atoms with Crippen LogP contribution in [-0.2, 0) is 23.3 Å². The van der Waals surface area contributed by atoms with E-state index in [1.807, 2.05) is 41.8 Å². The lowest BCUT2D eigenvalue weighted by Gasteiger charge is -2.18. The fourth-order valence-corrected chi connectivity index (χ4v) is 4.65. The lowest BCUT2D eigenvalue weighted by atomic mass is 10.1. The highest BCUT2D eigenvalue weighted by atomic mass is 31.1. The van der Waals surface area contributed by atoms with Crippen LogP contribution in [0.3, 0.4) is 0 Å². The van der Waals surface area contributed by atoms with Crippen LogP contribution in [0.1, 0.15) is 45.1 Å². The van der Waals surface area contributed by atoms with Gasteiger partial charge in [-0.15, -0.1) is 0 Å². The van der Waals surface area contributed by atoms with Gasteiger partial charge in [-0.25, -0.2) is 9.78 Å². The molecule has 0 radical (unpaired) electrons. The van der Waals surface area contributed by atoms with Crippen LogP contribution in [0.4, 0.5) is 5.95 Å². The van der Waals surface area contributed by atoms with Crippen molar-refractivity contribution in [3.63, 3.8) is 0 Å². The van der Waals surface area contributed by atoms with E-state index < -0.39 is 12.1 Å². The molecule has 3 heterocycles. The van der Waals surface area contributed by atoms with Gasteiger partial charge >= 0.3 is 5.97 Å². The Labute approximate surface area is 205 Å². The minimum Gasteiger partial charge on any atom is -0.476 e. The largest absolute Gasteiger partial charge is 0.476 e. The number of carbonyl (C=O) groups excluding carboxylic acids is 1. The van der Waals surface area contributed by atoms with E-state index in [1.165, 1.54) is 0 Å². The van der Waals surface area contributed by atoms with Crippen LogP contribution < -0.4 is 10.5 Å². The van der Waals surface area contributed by atoms with Crippen LogP contribution in [0.2, 0.25) is 0 Å². The van der Waals surface area contributed by atoms with E-state index in [1.54, 1.807) is 13.3 Å². The van der Waals surface area contributed by atoms with Gasteiger partial charge in [0.1, 0.15) is 6.23 Å². The fourth-order valence-electron chi connectivity index (χ4n) is 4.00. The lowest BCUT2D eigenvalue weighted by molar-refractivity contribution is -0.151. The summed E-state index contributed by atoms with van der Waals surface area (Å²) in [7, 11) is -0.354. The summed E-state index contributed by atoms with van der Waals surface area (Å²) in [4.78, 5) is 25.3. The number of nitrogens with two attached hydrogens (primary N) is 1. The summed E-state index contributed by atoms with van der Waals surface area (Å²) in [5.74, 6) is 0.196. The molecule has 1 saturated heterocycles. The molecule has 1 fully saturated rings. The molecular weight excluding hydrogens is 473 g/mol. The Kier molecular flexibility index (Phi) is 8.46. The number of rotatable bonds is 11. The number of hydrogen-bond acceptors (Lipinski definition) is 10. The van der Waals surface area contributed by atoms with Crippen molar-refractivity contribution in [3.8, 4) is 5.88 Å². The van der Waals surface area contributed by atoms with Gasteiger partial charge in [-0.05, 0) is 25.8 Å².